The van der Waals surface area contributed by atoms with Crippen LogP contribution in [0.1, 0.15) is 57.8 Å². The van der Waals surface area contributed by atoms with E-state index in [2.05, 4.69) is 12.2 Å². The van der Waals surface area contributed by atoms with E-state index in [1.54, 1.807) is 5.57 Å². The first-order valence-corrected chi connectivity index (χ1v) is 6.26. The minimum Gasteiger partial charge on any atom is -0.300 e. The van der Waals surface area contributed by atoms with Crippen LogP contribution in [-0.2, 0) is 4.79 Å². The Morgan fingerprint density at radius 1 is 0.733 bits per heavy atom. The molecule has 0 radical (unpaired) electrons. The Labute approximate surface area is 92.3 Å². The molecule has 0 spiro atoms. The van der Waals surface area contributed by atoms with Crippen LogP contribution in [0.15, 0.2) is 23.3 Å². The average molecular weight is 204 g/mol. The van der Waals surface area contributed by atoms with Gasteiger partial charge in [-0.1, -0.05) is 18.6 Å². The fourth-order valence-corrected chi connectivity index (χ4v) is 2.51. The molecular weight excluding hydrogens is 184 g/mol. The average Bonchev–Trinajstić information content (AvgIpc) is 2.59. The zero-order valence-corrected chi connectivity index (χ0v) is 9.43. The lowest BCUT2D eigenvalue weighted by Crippen LogP contribution is -1.95. The van der Waals surface area contributed by atoms with E-state index in [0.717, 1.165) is 25.7 Å². The molecule has 0 aromatic heterocycles. The molecule has 82 valence electrons. The molecule has 0 heterocycles. The number of carbonyl (C=O) groups excluding carboxylic acids is 1. The molecule has 0 unspecified atom stereocenters. The summed E-state index contributed by atoms with van der Waals surface area (Å²) in [4.78, 5) is 11.3. The molecule has 2 aliphatic carbocycles. The van der Waals surface area contributed by atoms with Gasteiger partial charge in [0, 0.05) is 12.8 Å². The van der Waals surface area contributed by atoms with E-state index in [0.29, 0.717) is 5.78 Å². The van der Waals surface area contributed by atoms with Crippen molar-refractivity contribution in [1.82, 2.24) is 0 Å². The maximum absolute atomic E-state index is 11.3. The van der Waals surface area contributed by atoms with E-state index < -0.39 is 0 Å². The van der Waals surface area contributed by atoms with Crippen LogP contribution in [0.3, 0.4) is 0 Å². The molecule has 0 bridgehead atoms. The van der Waals surface area contributed by atoms with Gasteiger partial charge in [-0.15, -0.1) is 0 Å². The first kappa shape index (κ1) is 10.7. The van der Waals surface area contributed by atoms with Crippen molar-refractivity contribution in [2.75, 3.05) is 0 Å². The SMILES string of the molecule is O=C1CCC=C(C2=CCCCCC2)CC1. The van der Waals surface area contributed by atoms with Crippen LogP contribution < -0.4 is 0 Å². The third kappa shape index (κ3) is 3.05. The molecule has 0 saturated carbocycles. The molecule has 0 aromatic rings. The van der Waals surface area contributed by atoms with Crippen molar-refractivity contribution in [3.05, 3.63) is 23.3 Å². The topological polar surface area (TPSA) is 17.1 Å². The van der Waals surface area contributed by atoms with Gasteiger partial charge in [-0.25, -0.2) is 0 Å². The Kier molecular flexibility index (Phi) is 3.76. The van der Waals surface area contributed by atoms with Crippen molar-refractivity contribution in [3.8, 4) is 0 Å². The van der Waals surface area contributed by atoms with Crippen molar-refractivity contribution in [2.45, 2.75) is 57.8 Å². The summed E-state index contributed by atoms with van der Waals surface area (Å²) in [5, 5.41) is 0. The third-order valence-electron chi connectivity index (χ3n) is 3.44. The van der Waals surface area contributed by atoms with Gasteiger partial charge >= 0.3 is 0 Å². The second-order valence-corrected chi connectivity index (χ2v) is 4.64. The van der Waals surface area contributed by atoms with Crippen LogP contribution in [0.5, 0.6) is 0 Å². The van der Waals surface area contributed by atoms with Crippen LogP contribution in [-0.4, -0.2) is 5.78 Å². The molecule has 15 heavy (non-hydrogen) atoms. The van der Waals surface area contributed by atoms with Crippen molar-refractivity contribution in [1.29, 1.82) is 0 Å². The van der Waals surface area contributed by atoms with E-state index in [1.165, 1.54) is 37.7 Å². The molecule has 0 N–H and O–H groups in total. The van der Waals surface area contributed by atoms with E-state index >= 15 is 0 Å². The van der Waals surface area contributed by atoms with Crippen molar-refractivity contribution < 1.29 is 4.79 Å². The summed E-state index contributed by atoms with van der Waals surface area (Å²) in [6.07, 6.45) is 14.7. The minimum absolute atomic E-state index is 0.440. The highest BCUT2D eigenvalue weighted by molar-refractivity contribution is 5.79. The normalized spacial score (nSPS) is 23.9. The largest absolute Gasteiger partial charge is 0.300 e. The number of ketones is 1. The van der Waals surface area contributed by atoms with Gasteiger partial charge in [0.15, 0.2) is 0 Å². The molecule has 2 aliphatic rings. The van der Waals surface area contributed by atoms with Gasteiger partial charge in [-0.2, -0.15) is 0 Å². The Hall–Kier alpha value is -0.850. The fourth-order valence-electron chi connectivity index (χ4n) is 2.51. The highest BCUT2D eigenvalue weighted by atomic mass is 16.1. The lowest BCUT2D eigenvalue weighted by molar-refractivity contribution is -0.118. The summed E-state index contributed by atoms with van der Waals surface area (Å²) in [6, 6.07) is 0. The van der Waals surface area contributed by atoms with E-state index in [4.69, 9.17) is 0 Å². The van der Waals surface area contributed by atoms with Crippen LogP contribution in [0.2, 0.25) is 0 Å². The summed E-state index contributed by atoms with van der Waals surface area (Å²) < 4.78 is 0. The van der Waals surface area contributed by atoms with Gasteiger partial charge in [0.2, 0.25) is 0 Å². The van der Waals surface area contributed by atoms with Crippen molar-refractivity contribution in [3.63, 3.8) is 0 Å². The van der Waals surface area contributed by atoms with E-state index in [1.807, 2.05) is 0 Å². The molecule has 0 amide bonds. The molecule has 0 aliphatic heterocycles. The van der Waals surface area contributed by atoms with Crippen LogP contribution >= 0.6 is 0 Å². The lowest BCUT2D eigenvalue weighted by Gasteiger charge is -2.08. The fraction of sp³-hybridized carbons (Fsp3) is 0.643. The Bertz CT molecular complexity index is 296. The van der Waals surface area contributed by atoms with Gasteiger partial charge in [0.05, 0.1) is 0 Å². The van der Waals surface area contributed by atoms with E-state index in [-0.39, 0.29) is 0 Å². The minimum atomic E-state index is 0.440. The lowest BCUT2D eigenvalue weighted by atomic mass is 9.97. The maximum atomic E-state index is 11.3. The highest BCUT2D eigenvalue weighted by Gasteiger charge is 2.13. The smallest absolute Gasteiger partial charge is 0.133 e. The van der Waals surface area contributed by atoms with Crippen molar-refractivity contribution >= 4 is 5.78 Å². The zero-order chi connectivity index (χ0) is 10.5. The molecule has 2 rings (SSSR count). The summed E-state index contributed by atoms with van der Waals surface area (Å²) in [5.74, 6) is 0.440. The quantitative estimate of drug-likeness (QED) is 0.632. The van der Waals surface area contributed by atoms with Gasteiger partial charge < -0.3 is 0 Å². The summed E-state index contributed by atoms with van der Waals surface area (Å²) in [7, 11) is 0. The van der Waals surface area contributed by atoms with Gasteiger partial charge in [0.25, 0.3) is 0 Å². The predicted molar refractivity (Wildman–Crippen MR) is 62.7 cm³/mol. The van der Waals surface area contributed by atoms with Gasteiger partial charge in [-0.3, -0.25) is 4.79 Å². The summed E-state index contributed by atoms with van der Waals surface area (Å²) in [6.45, 7) is 0. The molecule has 0 fully saturated rings. The maximum Gasteiger partial charge on any atom is 0.133 e. The Morgan fingerprint density at radius 2 is 1.53 bits per heavy atom. The summed E-state index contributed by atoms with van der Waals surface area (Å²) in [5.41, 5.74) is 3.02. The highest BCUT2D eigenvalue weighted by Crippen LogP contribution is 2.28. The molecule has 1 heteroatoms. The second-order valence-electron chi connectivity index (χ2n) is 4.64. The first-order chi connectivity index (χ1) is 7.36. The van der Waals surface area contributed by atoms with Gasteiger partial charge in [0.1, 0.15) is 5.78 Å². The Balaban J connectivity index is 2.04. The number of rotatable bonds is 1. The number of Topliss-reactive ketones (excluding diaryl/α,β-unsaturated/α-hetero) is 1. The standard InChI is InChI=1S/C14H20O/c15-14-9-5-8-13(10-11-14)12-6-3-1-2-4-7-12/h6,8H,1-5,7,9-11H2. The van der Waals surface area contributed by atoms with Crippen LogP contribution in [0.4, 0.5) is 0 Å². The third-order valence-corrected chi connectivity index (χ3v) is 3.44. The predicted octanol–water partition coefficient (Wildman–Crippen LogP) is 3.95. The molecule has 0 atom stereocenters. The first-order valence-electron chi connectivity index (χ1n) is 6.26. The monoisotopic (exact) mass is 204 g/mol. The molecule has 1 nitrogen and oxygen atoms in total. The summed E-state index contributed by atoms with van der Waals surface area (Å²) >= 11 is 0. The van der Waals surface area contributed by atoms with Crippen molar-refractivity contribution in [2.24, 2.45) is 0 Å². The molecule has 0 saturated heterocycles. The van der Waals surface area contributed by atoms with Crippen LogP contribution in [0, 0.1) is 0 Å². The van der Waals surface area contributed by atoms with Gasteiger partial charge in [-0.05, 0) is 49.7 Å². The number of allylic oxidation sites excluding steroid dienone is 4. The molecule has 0 aromatic carbocycles. The number of hydrogen-bond acceptors (Lipinski definition) is 1. The van der Waals surface area contributed by atoms with E-state index in [9.17, 15) is 4.79 Å². The molecular formula is C14H20O. The zero-order valence-electron chi connectivity index (χ0n) is 9.43. The number of carbonyl (C=O) groups is 1. The Morgan fingerprint density at radius 3 is 2.47 bits per heavy atom. The number of hydrogen-bond donors (Lipinski definition) is 0. The van der Waals surface area contributed by atoms with Crippen LogP contribution in [0.25, 0.3) is 0 Å². The second kappa shape index (κ2) is 5.29.